The number of hydrogen-bond donors (Lipinski definition) is 2. The zero-order valence-corrected chi connectivity index (χ0v) is 13.7. The molecular weight excluding hydrogens is 304 g/mol. The average Bonchev–Trinajstić information content (AvgIpc) is 2.60. The zero-order valence-electron chi connectivity index (χ0n) is 13.7. The first-order valence-corrected chi connectivity index (χ1v) is 8.00. The van der Waals surface area contributed by atoms with Gasteiger partial charge in [0.2, 0.25) is 5.91 Å². The van der Waals surface area contributed by atoms with Gasteiger partial charge in [-0.2, -0.15) is 0 Å². The van der Waals surface area contributed by atoms with E-state index in [2.05, 4.69) is 5.32 Å². The fraction of sp³-hybridized carbons (Fsp3) is 0.263. The molecule has 0 aromatic heterocycles. The van der Waals surface area contributed by atoms with Gasteiger partial charge in [0.25, 0.3) is 0 Å². The van der Waals surface area contributed by atoms with Crippen LogP contribution in [0.1, 0.15) is 36.5 Å². The number of benzene rings is 2. The van der Waals surface area contributed by atoms with E-state index < -0.39 is 0 Å². The molecule has 1 amide bonds. The highest BCUT2D eigenvalue weighted by molar-refractivity contribution is 6.00. The van der Waals surface area contributed by atoms with Crippen LogP contribution < -0.4 is 15.8 Å². The minimum absolute atomic E-state index is 0.0757. The molecule has 2 aromatic rings. The lowest BCUT2D eigenvalue weighted by atomic mass is 10.1. The van der Waals surface area contributed by atoms with Crippen molar-refractivity contribution >= 4 is 23.1 Å². The number of nitrogens with two attached hydrogens (primary N) is 1. The van der Waals surface area contributed by atoms with E-state index >= 15 is 0 Å². The van der Waals surface area contributed by atoms with E-state index in [4.69, 9.17) is 10.5 Å². The molecule has 0 unspecified atom stereocenters. The minimum atomic E-state index is -0.232. The fourth-order valence-electron chi connectivity index (χ4n) is 2.15. The maximum atomic E-state index is 12.1. The second-order valence-electron chi connectivity index (χ2n) is 5.43. The molecule has 0 spiro atoms. The number of carbonyl (C=O) groups excluding carboxylic acids is 2. The molecular formula is C19H22N2O3. The Hall–Kier alpha value is -2.82. The predicted octanol–water partition coefficient (Wildman–Crippen LogP) is 3.66. The van der Waals surface area contributed by atoms with Crippen molar-refractivity contribution in [1.82, 2.24) is 0 Å². The molecule has 0 aliphatic carbocycles. The van der Waals surface area contributed by atoms with Gasteiger partial charge in [-0.25, -0.2) is 0 Å². The lowest BCUT2D eigenvalue weighted by Crippen LogP contribution is -2.14. The lowest BCUT2D eigenvalue weighted by Gasteiger charge is -2.08. The van der Waals surface area contributed by atoms with E-state index in [1.165, 1.54) is 0 Å². The maximum Gasteiger partial charge on any atom is 0.224 e. The number of para-hydroxylation sites is 2. The van der Waals surface area contributed by atoms with Gasteiger partial charge in [-0.15, -0.1) is 0 Å². The van der Waals surface area contributed by atoms with Crippen molar-refractivity contribution in [1.29, 1.82) is 0 Å². The summed E-state index contributed by atoms with van der Waals surface area (Å²) in [5.74, 6) is 0.433. The topological polar surface area (TPSA) is 81.4 Å². The van der Waals surface area contributed by atoms with Crippen molar-refractivity contribution in [2.45, 2.75) is 26.2 Å². The summed E-state index contributed by atoms with van der Waals surface area (Å²) in [6.45, 7) is 2.68. The number of amides is 1. The van der Waals surface area contributed by atoms with Crippen LogP contribution in [0.4, 0.5) is 11.4 Å². The van der Waals surface area contributed by atoms with Gasteiger partial charge >= 0.3 is 0 Å². The second kappa shape index (κ2) is 8.72. The number of ketones is 1. The number of rotatable bonds is 8. The van der Waals surface area contributed by atoms with Crippen LogP contribution in [-0.4, -0.2) is 18.3 Å². The van der Waals surface area contributed by atoms with Crippen LogP contribution in [0.15, 0.2) is 48.5 Å². The number of ether oxygens (including phenoxy) is 1. The Bertz CT molecular complexity index is 696. The summed E-state index contributed by atoms with van der Waals surface area (Å²) in [4.78, 5) is 24.1. The summed E-state index contributed by atoms with van der Waals surface area (Å²) >= 11 is 0. The van der Waals surface area contributed by atoms with E-state index in [1.54, 1.807) is 48.5 Å². The zero-order chi connectivity index (χ0) is 17.4. The number of nitrogens with one attached hydrogen (secondary N) is 1. The number of hydrogen-bond acceptors (Lipinski definition) is 4. The fourth-order valence-corrected chi connectivity index (χ4v) is 2.15. The van der Waals surface area contributed by atoms with Crippen LogP contribution in [0.2, 0.25) is 0 Å². The quantitative estimate of drug-likeness (QED) is 0.573. The molecule has 2 rings (SSSR count). The van der Waals surface area contributed by atoms with Crippen LogP contribution in [-0.2, 0) is 4.79 Å². The Labute approximate surface area is 141 Å². The number of carbonyl (C=O) groups is 2. The molecule has 0 fully saturated rings. The molecule has 0 aliphatic rings. The van der Waals surface area contributed by atoms with Gasteiger partial charge in [-0.05, 0) is 42.8 Å². The van der Waals surface area contributed by atoms with Crippen LogP contribution >= 0.6 is 0 Å². The monoisotopic (exact) mass is 326 g/mol. The highest BCUT2D eigenvalue weighted by Crippen LogP contribution is 2.18. The summed E-state index contributed by atoms with van der Waals surface area (Å²) in [6, 6.07) is 14.0. The number of anilines is 2. The highest BCUT2D eigenvalue weighted by Gasteiger charge is 2.10. The van der Waals surface area contributed by atoms with Crippen molar-refractivity contribution in [3.8, 4) is 5.75 Å². The van der Waals surface area contributed by atoms with Crippen molar-refractivity contribution in [3.05, 3.63) is 54.1 Å². The molecule has 0 heterocycles. The smallest absolute Gasteiger partial charge is 0.224 e. The Balaban J connectivity index is 1.84. The molecule has 0 bridgehead atoms. The largest absolute Gasteiger partial charge is 0.494 e. The molecule has 5 nitrogen and oxygen atoms in total. The first kappa shape index (κ1) is 17.5. The SMILES string of the molecule is CCCOc1ccc(C(=O)CCC(=O)Nc2ccccc2N)cc1. The van der Waals surface area contributed by atoms with Crippen molar-refractivity contribution < 1.29 is 14.3 Å². The van der Waals surface area contributed by atoms with Gasteiger partial charge < -0.3 is 15.8 Å². The lowest BCUT2D eigenvalue weighted by molar-refractivity contribution is -0.116. The van der Waals surface area contributed by atoms with Gasteiger partial charge in [0.15, 0.2) is 5.78 Å². The van der Waals surface area contributed by atoms with Crippen LogP contribution in [0.5, 0.6) is 5.75 Å². The Morgan fingerprint density at radius 3 is 2.42 bits per heavy atom. The summed E-state index contributed by atoms with van der Waals surface area (Å²) in [5, 5.41) is 2.71. The molecule has 2 aromatic carbocycles. The molecule has 5 heteroatoms. The standard InChI is InChI=1S/C19H22N2O3/c1-2-13-24-15-9-7-14(8-10-15)18(22)11-12-19(23)21-17-6-4-3-5-16(17)20/h3-10H,2,11-13,20H2,1H3,(H,21,23). The van der Waals surface area contributed by atoms with Gasteiger partial charge in [-0.1, -0.05) is 19.1 Å². The predicted molar refractivity (Wildman–Crippen MR) is 95.3 cm³/mol. The molecule has 24 heavy (non-hydrogen) atoms. The van der Waals surface area contributed by atoms with E-state index in [-0.39, 0.29) is 24.5 Å². The van der Waals surface area contributed by atoms with Crippen molar-refractivity contribution in [2.24, 2.45) is 0 Å². The highest BCUT2D eigenvalue weighted by atomic mass is 16.5. The normalized spacial score (nSPS) is 10.2. The van der Waals surface area contributed by atoms with Crippen LogP contribution in [0.25, 0.3) is 0 Å². The minimum Gasteiger partial charge on any atom is -0.494 e. The van der Waals surface area contributed by atoms with E-state index in [1.807, 2.05) is 6.92 Å². The maximum absolute atomic E-state index is 12.1. The third-order valence-electron chi connectivity index (χ3n) is 3.46. The molecule has 126 valence electrons. The molecule has 3 N–H and O–H groups in total. The van der Waals surface area contributed by atoms with Crippen molar-refractivity contribution in [3.63, 3.8) is 0 Å². The van der Waals surface area contributed by atoms with Gasteiger partial charge in [0.05, 0.1) is 18.0 Å². The van der Waals surface area contributed by atoms with Crippen LogP contribution in [0.3, 0.4) is 0 Å². The van der Waals surface area contributed by atoms with E-state index in [9.17, 15) is 9.59 Å². The Kier molecular flexibility index (Phi) is 6.37. The Morgan fingerprint density at radius 2 is 1.75 bits per heavy atom. The molecule has 0 saturated heterocycles. The molecule has 0 saturated carbocycles. The summed E-state index contributed by atoms with van der Waals surface area (Å²) in [7, 11) is 0. The number of nitrogen functional groups attached to an aromatic ring is 1. The summed E-state index contributed by atoms with van der Waals surface area (Å²) in [5.41, 5.74) is 7.41. The van der Waals surface area contributed by atoms with Gasteiger partial charge in [0, 0.05) is 18.4 Å². The second-order valence-corrected chi connectivity index (χ2v) is 5.43. The third kappa shape index (κ3) is 5.12. The molecule has 0 radical (unpaired) electrons. The van der Waals surface area contributed by atoms with E-state index in [0.29, 0.717) is 23.5 Å². The average molecular weight is 326 g/mol. The first-order chi connectivity index (χ1) is 11.6. The van der Waals surface area contributed by atoms with E-state index in [0.717, 1.165) is 12.2 Å². The van der Waals surface area contributed by atoms with Crippen molar-refractivity contribution in [2.75, 3.05) is 17.7 Å². The first-order valence-electron chi connectivity index (χ1n) is 8.00. The molecule has 0 aliphatic heterocycles. The number of Topliss-reactive ketones (excluding diaryl/α,β-unsaturated/α-hetero) is 1. The summed E-state index contributed by atoms with van der Waals surface area (Å²) in [6.07, 6.45) is 1.19. The van der Waals surface area contributed by atoms with Crippen LogP contribution in [0, 0.1) is 0 Å². The van der Waals surface area contributed by atoms with Gasteiger partial charge in [0.1, 0.15) is 5.75 Å². The Morgan fingerprint density at radius 1 is 1.04 bits per heavy atom. The summed E-state index contributed by atoms with van der Waals surface area (Å²) < 4.78 is 5.48. The van der Waals surface area contributed by atoms with Gasteiger partial charge in [-0.3, -0.25) is 9.59 Å². The molecule has 0 atom stereocenters. The third-order valence-corrected chi connectivity index (χ3v) is 3.46.